The van der Waals surface area contributed by atoms with Gasteiger partial charge in [-0.05, 0) is 67.1 Å². The summed E-state index contributed by atoms with van der Waals surface area (Å²) < 4.78 is 23.4. The molecule has 3 aromatic rings. The summed E-state index contributed by atoms with van der Waals surface area (Å²) in [6, 6.07) is 19.1. The van der Waals surface area contributed by atoms with Crippen LogP contribution < -0.4 is 15.4 Å². The lowest BCUT2D eigenvalue weighted by Crippen LogP contribution is -2.21. The lowest BCUT2D eigenvalue weighted by molar-refractivity contribution is -0.147. The highest BCUT2D eigenvalue weighted by atomic mass is 35.5. The molecule has 0 saturated heterocycles. The molecule has 34 heavy (non-hydrogen) atoms. The van der Waals surface area contributed by atoms with Gasteiger partial charge in [-0.3, -0.25) is 14.4 Å². The third kappa shape index (κ3) is 8.22. The van der Waals surface area contributed by atoms with Gasteiger partial charge >= 0.3 is 5.97 Å². The molecular formula is C25H22ClFN2O5. The van der Waals surface area contributed by atoms with Crippen molar-refractivity contribution in [2.45, 2.75) is 19.3 Å². The molecule has 0 aliphatic heterocycles. The van der Waals surface area contributed by atoms with Crippen LogP contribution in [-0.4, -0.2) is 24.4 Å². The summed E-state index contributed by atoms with van der Waals surface area (Å²) in [5, 5.41) is 5.71. The topological polar surface area (TPSA) is 93.7 Å². The number of hydrogen-bond acceptors (Lipinski definition) is 5. The fourth-order valence-corrected chi connectivity index (χ4v) is 3.00. The number of para-hydroxylation sites is 1. The van der Waals surface area contributed by atoms with E-state index in [0.717, 1.165) is 0 Å². The number of carbonyl (C=O) groups excluding carboxylic acids is 3. The van der Waals surface area contributed by atoms with Crippen LogP contribution in [0.25, 0.3) is 0 Å². The van der Waals surface area contributed by atoms with Crippen LogP contribution in [0.15, 0.2) is 72.8 Å². The Kier molecular flexibility index (Phi) is 8.99. The van der Waals surface area contributed by atoms with Gasteiger partial charge in [-0.25, -0.2) is 4.39 Å². The average molecular weight is 485 g/mol. The molecular weight excluding hydrogens is 463 g/mol. The van der Waals surface area contributed by atoms with E-state index in [1.807, 2.05) is 6.07 Å². The van der Waals surface area contributed by atoms with E-state index in [0.29, 0.717) is 27.9 Å². The molecule has 0 radical (unpaired) electrons. The van der Waals surface area contributed by atoms with Gasteiger partial charge in [0.1, 0.15) is 17.3 Å². The smallest absolute Gasteiger partial charge is 0.306 e. The van der Waals surface area contributed by atoms with Crippen LogP contribution in [0.3, 0.4) is 0 Å². The second kappa shape index (κ2) is 12.4. The molecule has 0 unspecified atom stereocenters. The van der Waals surface area contributed by atoms with Gasteiger partial charge in [0.2, 0.25) is 5.91 Å². The van der Waals surface area contributed by atoms with E-state index in [1.165, 1.54) is 24.3 Å². The fraction of sp³-hybridized carbons (Fsp3) is 0.160. The largest absolute Gasteiger partial charge is 0.456 e. The number of rotatable bonds is 10. The van der Waals surface area contributed by atoms with Gasteiger partial charge in [0.15, 0.2) is 6.61 Å². The maximum Gasteiger partial charge on any atom is 0.306 e. The van der Waals surface area contributed by atoms with Crippen LogP contribution in [0.5, 0.6) is 11.5 Å². The maximum absolute atomic E-state index is 12.9. The first-order chi connectivity index (χ1) is 16.4. The normalized spacial score (nSPS) is 10.3. The Morgan fingerprint density at radius 2 is 1.41 bits per heavy atom. The highest BCUT2D eigenvalue weighted by Crippen LogP contribution is 2.29. The molecule has 2 N–H and O–H groups in total. The predicted octanol–water partition coefficient (Wildman–Crippen LogP) is 5.56. The minimum absolute atomic E-state index is 0.0120. The van der Waals surface area contributed by atoms with Crippen molar-refractivity contribution < 1.29 is 28.2 Å². The molecule has 0 aliphatic carbocycles. The van der Waals surface area contributed by atoms with Gasteiger partial charge in [0, 0.05) is 24.2 Å². The SMILES string of the molecule is O=C(CCCC(=O)OCC(=O)Nc1ccc(F)cc1)Nc1ccc(Oc2ccccc2Cl)cc1. The first-order valence-electron chi connectivity index (χ1n) is 10.4. The van der Waals surface area contributed by atoms with E-state index in [-0.39, 0.29) is 25.2 Å². The number of halogens is 2. The van der Waals surface area contributed by atoms with E-state index in [9.17, 15) is 18.8 Å². The van der Waals surface area contributed by atoms with Crippen LogP contribution in [0.2, 0.25) is 5.02 Å². The van der Waals surface area contributed by atoms with E-state index in [1.54, 1.807) is 42.5 Å². The Morgan fingerprint density at radius 1 is 0.794 bits per heavy atom. The zero-order valence-corrected chi connectivity index (χ0v) is 18.8. The molecule has 7 nitrogen and oxygen atoms in total. The van der Waals surface area contributed by atoms with Gasteiger partial charge < -0.3 is 20.1 Å². The second-order valence-corrected chi connectivity index (χ2v) is 7.58. The molecule has 3 rings (SSSR count). The Bertz CT molecular complexity index is 1140. The Labute approximate surface area is 200 Å². The van der Waals surface area contributed by atoms with Crippen LogP contribution in [-0.2, 0) is 19.1 Å². The van der Waals surface area contributed by atoms with Crippen molar-refractivity contribution in [2.75, 3.05) is 17.2 Å². The van der Waals surface area contributed by atoms with Gasteiger partial charge in [0.05, 0.1) is 5.02 Å². The average Bonchev–Trinajstić information content (AvgIpc) is 2.82. The molecule has 176 valence electrons. The summed E-state index contributed by atoms with van der Waals surface area (Å²) in [6.07, 6.45) is 0.356. The number of anilines is 2. The minimum atomic E-state index is -0.594. The summed E-state index contributed by atoms with van der Waals surface area (Å²) in [5.41, 5.74) is 0.971. The van der Waals surface area contributed by atoms with E-state index < -0.39 is 24.3 Å². The Hall–Kier alpha value is -3.91. The Morgan fingerprint density at radius 3 is 2.09 bits per heavy atom. The van der Waals surface area contributed by atoms with Crippen molar-refractivity contribution >= 4 is 40.8 Å². The van der Waals surface area contributed by atoms with Gasteiger partial charge in [0.25, 0.3) is 5.91 Å². The molecule has 0 fully saturated rings. The highest BCUT2D eigenvalue weighted by molar-refractivity contribution is 6.32. The van der Waals surface area contributed by atoms with E-state index >= 15 is 0 Å². The molecule has 0 aromatic heterocycles. The molecule has 0 spiro atoms. The number of carbonyl (C=O) groups is 3. The molecule has 2 amide bonds. The highest BCUT2D eigenvalue weighted by Gasteiger charge is 2.10. The van der Waals surface area contributed by atoms with Crippen LogP contribution in [0.1, 0.15) is 19.3 Å². The number of hydrogen-bond donors (Lipinski definition) is 2. The van der Waals surface area contributed by atoms with Crippen LogP contribution >= 0.6 is 11.6 Å². The monoisotopic (exact) mass is 484 g/mol. The summed E-state index contributed by atoms with van der Waals surface area (Å²) >= 11 is 6.07. The molecule has 0 bridgehead atoms. The quantitative estimate of drug-likeness (QED) is 0.367. The number of ether oxygens (including phenoxy) is 2. The van der Waals surface area contributed by atoms with Crippen molar-refractivity contribution in [3.63, 3.8) is 0 Å². The van der Waals surface area contributed by atoms with Gasteiger partial charge in [-0.15, -0.1) is 0 Å². The lowest BCUT2D eigenvalue weighted by atomic mass is 10.2. The first-order valence-corrected chi connectivity index (χ1v) is 10.8. The maximum atomic E-state index is 12.9. The third-order valence-corrected chi connectivity index (χ3v) is 4.79. The van der Waals surface area contributed by atoms with Crippen molar-refractivity contribution in [1.82, 2.24) is 0 Å². The van der Waals surface area contributed by atoms with Crippen LogP contribution in [0.4, 0.5) is 15.8 Å². The fourth-order valence-electron chi connectivity index (χ4n) is 2.83. The van der Waals surface area contributed by atoms with Crippen molar-refractivity contribution in [1.29, 1.82) is 0 Å². The van der Waals surface area contributed by atoms with Crippen molar-refractivity contribution in [3.8, 4) is 11.5 Å². The molecule has 0 saturated carbocycles. The number of amides is 2. The Balaban J connectivity index is 1.33. The third-order valence-electron chi connectivity index (χ3n) is 4.48. The minimum Gasteiger partial charge on any atom is -0.456 e. The van der Waals surface area contributed by atoms with Crippen molar-refractivity contribution in [2.24, 2.45) is 0 Å². The lowest BCUT2D eigenvalue weighted by Gasteiger charge is -2.09. The molecule has 9 heteroatoms. The van der Waals surface area contributed by atoms with Crippen LogP contribution in [0, 0.1) is 5.82 Å². The predicted molar refractivity (Wildman–Crippen MR) is 126 cm³/mol. The molecule has 0 heterocycles. The summed E-state index contributed by atoms with van der Waals surface area (Å²) in [7, 11) is 0. The molecule has 3 aromatic carbocycles. The summed E-state index contributed by atoms with van der Waals surface area (Å²) in [4.78, 5) is 35.7. The second-order valence-electron chi connectivity index (χ2n) is 7.17. The number of esters is 1. The first kappa shape index (κ1) is 24.7. The van der Waals surface area contributed by atoms with Gasteiger partial charge in [-0.1, -0.05) is 23.7 Å². The van der Waals surface area contributed by atoms with Crippen molar-refractivity contribution in [3.05, 3.63) is 83.6 Å². The zero-order chi connectivity index (χ0) is 24.3. The molecule has 0 aliphatic rings. The summed E-state index contributed by atoms with van der Waals surface area (Å²) in [5.74, 6) is -0.726. The summed E-state index contributed by atoms with van der Waals surface area (Å²) in [6.45, 7) is -0.467. The number of benzene rings is 3. The van der Waals surface area contributed by atoms with E-state index in [2.05, 4.69) is 10.6 Å². The zero-order valence-electron chi connectivity index (χ0n) is 18.1. The van der Waals surface area contributed by atoms with E-state index in [4.69, 9.17) is 21.1 Å². The standard InChI is InChI=1S/C25H22ClFN2O5/c26-21-4-1-2-5-22(21)34-20-14-12-19(13-15-20)28-23(30)6-3-7-25(32)33-16-24(31)29-18-10-8-17(27)9-11-18/h1-2,4-5,8-15H,3,6-7,16H2,(H,28,30)(H,29,31). The number of nitrogens with one attached hydrogen (secondary N) is 2. The van der Waals surface area contributed by atoms with Gasteiger partial charge in [-0.2, -0.15) is 0 Å². The molecule has 0 atom stereocenters.